The van der Waals surface area contributed by atoms with Crippen LogP contribution in [0.4, 0.5) is 13.2 Å². The second kappa shape index (κ2) is 3.39. The molecule has 0 saturated heterocycles. The van der Waals surface area contributed by atoms with Gasteiger partial charge in [0.05, 0.1) is 24.4 Å². The van der Waals surface area contributed by atoms with Gasteiger partial charge in [0, 0.05) is 6.20 Å². The molecule has 0 atom stereocenters. The summed E-state index contributed by atoms with van der Waals surface area (Å²) >= 11 is 0. The number of hydrogen-bond acceptors (Lipinski definition) is 3. The van der Waals surface area contributed by atoms with Crippen LogP contribution in [0, 0.1) is 11.3 Å². The molecule has 1 heterocycles. The molecular weight excluding hydrogens is 183 g/mol. The zero-order chi connectivity index (χ0) is 9.90. The maximum atomic E-state index is 12.0. The van der Waals surface area contributed by atoms with Gasteiger partial charge in [0.25, 0.3) is 0 Å². The number of nitriles is 1. The Morgan fingerprint density at radius 2 is 2.08 bits per heavy atom. The van der Waals surface area contributed by atoms with Crippen LogP contribution in [0.25, 0.3) is 0 Å². The van der Waals surface area contributed by atoms with Gasteiger partial charge in [-0.3, -0.25) is 4.98 Å². The number of halogens is 3. The van der Waals surface area contributed by atoms with Gasteiger partial charge < -0.3 is 0 Å². The highest BCUT2D eigenvalue weighted by molar-refractivity contribution is 5.09. The van der Waals surface area contributed by atoms with Gasteiger partial charge in [-0.05, 0) is 0 Å². The average molecular weight is 187 g/mol. The van der Waals surface area contributed by atoms with Crippen LogP contribution in [-0.2, 0) is 12.6 Å². The van der Waals surface area contributed by atoms with Crippen molar-refractivity contribution in [3.05, 3.63) is 23.8 Å². The van der Waals surface area contributed by atoms with E-state index in [0.29, 0.717) is 6.20 Å². The molecule has 0 saturated carbocycles. The molecule has 0 amide bonds. The second-order valence-corrected chi connectivity index (χ2v) is 2.23. The molecule has 0 aliphatic heterocycles. The smallest absolute Gasteiger partial charge is 0.261 e. The second-order valence-electron chi connectivity index (χ2n) is 2.23. The van der Waals surface area contributed by atoms with Gasteiger partial charge in [-0.25, -0.2) is 4.98 Å². The van der Waals surface area contributed by atoms with Crippen molar-refractivity contribution in [2.24, 2.45) is 0 Å². The first-order valence-corrected chi connectivity index (χ1v) is 3.29. The van der Waals surface area contributed by atoms with Crippen LogP contribution in [0.1, 0.15) is 11.4 Å². The first kappa shape index (κ1) is 9.45. The van der Waals surface area contributed by atoms with Crippen LogP contribution in [0.2, 0.25) is 0 Å². The summed E-state index contributed by atoms with van der Waals surface area (Å²) in [5.41, 5.74) is -1.04. The van der Waals surface area contributed by atoms with Crippen molar-refractivity contribution < 1.29 is 13.2 Å². The Morgan fingerprint density at radius 3 is 2.62 bits per heavy atom. The van der Waals surface area contributed by atoms with Crippen LogP contribution in [-0.4, -0.2) is 9.97 Å². The minimum absolute atomic E-state index is 0.0253. The molecule has 13 heavy (non-hydrogen) atoms. The molecule has 0 bridgehead atoms. The van der Waals surface area contributed by atoms with Gasteiger partial charge in [0.2, 0.25) is 0 Å². The predicted molar refractivity (Wildman–Crippen MR) is 36.4 cm³/mol. The van der Waals surface area contributed by atoms with E-state index >= 15 is 0 Å². The minimum atomic E-state index is -4.50. The molecule has 0 N–H and O–H groups in total. The number of aromatic nitrogens is 2. The third kappa shape index (κ3) is 2.40. The predicted octanol–water partition coefficient (Wildman–Crippen LogP) is 1.56. The lowest BCUT2D eigenvalue weighted by Gasteiger charge is -2.04. The molecule has 0 radical (unpaired) electrons. The Kier molecular flexibility index (Phi) is 2.46. The molecule has 68 valence electrons. The topological polar surface area (TPSA) is 49.6 Å². The van der Waals surface area contributed by atoms with Crippen molar-refractivity contribution in [1.82, 2.24) is 9.97 Å². The molecule has 1 rings (SSSR count). The van der Waals surface area contributed by atoms with Crippen molar-refractivity contribution in [3.63, 3.8) is 0 Å². The molecule has 0 spiro atoms. The summed E-state index contributed by atoms with van der Waals surface area (Å²) < 4.78 is 36.1. The zero-order valence-electron chi connectivity index (χ0n) is 6.34. The largest absolute Gasteiger partial charge is 0.434 e. The lowest BCUT2D eigenvalue weighted by Crippen LogP contribution is -2.09. The summed E-state index contributed by atoms with van der Waals surface area (Å²) in [6, 6.07) is 1.69. The SMILES string of the molecule is N#CCc1cncc(C(F)(F)F)n1. The van der Waals surface area contributed by atoms with E-state index in [2.05, 4.69) is 9.97 Å². The van der Waals surface area contributed by atoms with Crippen LogP contribution >= 0.6 is 0 Å². The maximum Gasteiger partial charge on any atom is 0.434 e. The monoisotopic (exact) mass is 187 g/mol. The van der Waals surface area contributed by atoms with Crippen molar-refractivity contribution in [2.75, 3.05) is 0 Å². The van der Waals surface area contributed by atoms with Gasteiger partial charge >= 0.3 is 6.18 Å². The number of rotatable bonds is 1. The summed E-state index contributed by atoms with van der Waals surface area (Å²) in [5, 5.41) is 8.21. The highest BCUT2D eigenvalue weighted by Gasteiger charge is 2.32. The van der Waals surface area contributed by atoms with Crippen molar-refractivity contribution in [3.8, 4) is 6.07 Å². The molecule has 0 fully saturated rings. The Bertz CT molecular complexity index is 340. The molecule has 1 aromatic heterocycles. The fourth-order valence-electron chi connectivity index (χ4n) is 0.709. The molecular formula is C7H4F3N3. The fourth-order valence-corrected chi connectivity index (χ4v) is 0.709. The summed E-state index contributed by atoms with van der Waals surface area (Å²) in [6.45, 7) is 0. The lowest BCUT2D eigenvalue weighted by atomic mass is 10.3. The minimum Gasteiger partial charge on any atom is -0.261 e. The van der Waals surface area contributed by atoms with E-state index in [1.165, 1.54) is 0 Å². The highest BCUT2D eigenvalue weighted by atomic mass is 19.4. The first-order valence-electron chi connectivity index (χ1n) is 3.29. The van der Waals surface area contributed by atoms with Crippen LogP contribution in [0.5, 0.6) is 0 Å². The summed E-state index contributed by atoms with van der Waals surface area (Å²) in [5.74, 6) is 0. The summed E-state index contributed by atoms with van der Waals surface area (Å²) in [7, 11) is 0. The summed E-state index contributed by atoms with van der Waals surface area (Å²) in [4.78, 5) is 6.56. The van der Waals surface area contributed by atoms with E-state index in [1.807, 2.05) is 0 Å². The van der Waals surface area contributed by atoms with E-state index < -0.39 is 11.9 Å². The van der Waals surface area contributed by atoms with E-state index in [1.54, 1.807) is 6.07 Å². The van der Waals surface area contributed by atoms with Crippen molar-refractivity contribution in [2.45, 2.75) is 12.6 Å². The summed E-state index contributed by atoms with van der Waals surface area (Å²) in [6.07, 6.45) is -2.91. The normalized spacial score (nSPS) is 10.9. The van der Waals surface area contributed by atoms with Crippen molar-refractivity contribution in [1.29, 1.82) is 5.26 Å². The standard InChI is InChI=1S/C7H4F3N3/c8-7(9,10)6-4-12-3-5(13-6)1-2-11/h3-4H,1H2. The third-order valence-corrected chi connectivity index (χ3v) is 1.24. The van der Waals surface area contributed by atoms with Gasteiger partial charge in [-0.1, -0.05) is 0 Å². The maximum absolute atomic E-state index is 12.0. The Morgan fingerprint density at radius 1 is 1.38 bits per heavy atom. The molecule has 3 nitrogen and oxygen atoms in total. The average Bonchev–Trinajstić information content (AvgIpc) is 2.04. The van der Waals surface area contributed by atoms with Crippen LogP contribution in [0.3, 0.4) is 0 Å². The highest BCUT2D eigenvalue weighted by Crippen LogP contribution is 2.26. The van der Waals surface area contributed by atoms with E-state index in [4.69, 9.17) is 5.26 Å². The van der Waals surface area contributed by atoms with Crippen LogP contribution < -0.4 is 0 Å². The van der Waals surface area contributed by atoms with Crippen LogP contribution in [0.15, 0.2) is 12.4 Å². The number of nitrogens with zero attached hydrogens (tertiary/aromatic N) is 3. The Labute approximate surface area is 71.9 Å². The third-order valence-electron chi connectivity index (χ3n) is 1.24. The molecule has 6 heteroatoms. The van der Waals surface area contributed by atoms with Gasteiger partial charge in [0.1, 0.15) is 0 Å². The van der Waals surface area contributed by atoms with Gasteiger partial charge in [0.15, 0.2) is 5.69 Å². The molecule has 0 unspecified atom stereocenters. The Hall–Kier alpha value is -1.64. The molecule has 0 aliphatic rings. The van der Waals surface area contributed by atoms with Gasteiger partial charge in [-0.2, -0.15) is 18.4 Å². The molecule has 1 aromatic rings. The quantitative estimate of drug-likeness (QED) is 0.670. The Balaban J connectivity index is 3.00. The van der Waals surface area contributed by atoms with Crippen molar-refractivity contribution >= 4 is 0 Å². The molecule has 0 aromatic carbocycles. The van der Waals surface area contributed by atoms with E-state index in [-0.39, 0.29) is 12.1 Å². The number of hydrogen-bond donors (Lipinski definition) is 0. The number of alkyl halides is 3. The lowest BCUT2D eigenvalue weighted by molar-refractivity contribution is -0.141. The fraction of sp³-hybridized carbons (Fsp3) is 0.286. The van der Waals surface area contributed by atoms with Gasteiger partial charge in [-0.15, -0.1) is 0 Å². The van der Waals surface area contributed by atoms with E-state index in [9.17, 15) is 13.2 Å². The van der Waals surface area contributed by atoms with E-state index in [0.717, 1.165) is 6.20 Å². The first-order chi connectivity index (χ1) is 6.04. The zero-order valence-corrected chi connectivity index (χ0v) is 6.34. The molecule has 0 aliphatic carbocycles.